The van der Waals surface area contributed by atoms with E-state index in [1.807, 2.05) is 31.2 Å². The molecule has 152 valence electrons. The monoisotopic (exact) mass is 418 g/mol. The van der Waals surface area contributed by atoms with E-state index in [4.69, 9.17) is 0 Å². The second-order valence-electron chi connectivity index (χ2n) is 6.87. The van der Waals surface area contributed by atoms with E-state index in [1.54, 1.807) is 20.0 Å². The minimum Gasteiger partial charge on any atom is -0.291 e. The van der Waals surface area contributed by atoms with E-state index in [-0.39, 0.29) is 16.9 Å². The zero-order valence-corrected chi connectivity index (χ0v) is 17.2. The lowest BCUT2D eigenvalue weighted by Crippen LogP contribution is -2.26. The van der Waals surface area contributed by atoms with Gasteiger partial charge in [-0.2, -0.15) is 13.2 Å². The molecule has 0 bridgehead atoms. The molecule has 0 radical (unpaired) electrons. The molecule has 3 nitrogen and oxygen atoms in total. The van der Waals surface area contributed by atoms with Crippen molar-refractivity contribution in [2.45, 2.75) is 37.4 Å². The fraction of sp³-hybridized carbons (Fsp3) is 0.273. The average molecular weight is 418 g/mol. The lowest BCUT2D eigenvalue weighted by atomic mass is 10.0. The van der Waals surface area contributed by atoms with Gasteiger partial charge >= 0.3 is 6.18 Å². The van der Waals surface area contributed by atoms with Gasteiger partial charge in [-0.3, -0.25) is 9.36 Å². The smallest absolute Gasteiger partial charge is 0.291 e. The van der Waals surface area contributed by atoms with Crippen LogP contribution in [0.25, 0.3) is 0 Å². The fourth-order valence-electron chi connectivity index (χ4n) is 3.13. The Balaban J connectivity index is 1.88. The van der Waals surface area contributed by atoms with E-state index < -0.39 is 11.7 Å². The van der Waals surface area contributed by atoms with Gasteiger partial charge in [-0.25, -0.2) is 4.98 Å². The first-order chi connectivity index (χ1) is 13.7. The molecule has 1 aromatic heterocycles. The minimum absolute atomic E-state index is 0.0759. The van der Waals surface area contributed by atoms with Gasteiger partial charge in [0.25, 0.3) is 5.56 Å². The highest BCUT2D eigenvalue weighted by Crippen LogP contribution is 2.34. The van der Waals surface area contributed by atoms with Crippen molar-refractivity contribution in [1.82, 2.24) is 9.55 Å². The lowest BCUT2D eigenvalue weighted by molar-refractivity contribution is -0.138. The van der Waals surface area contributed by atoms with Crippen LogP contribution in [0.15, 0.2) is 58.5 Å². The van der Waals surface area contributed by atoms with Gasteiger partial charge in [0.1, 0.15) is 0 Å². The molecular weight excluding hydrogens is 397 g/mol. The van der Waals surface area contributed by atoms with Gasteiger partial charge in [0.15, 0.2) is 5.16 Å². The van der Waals surface area contributed by atoms with E-state index in [1.165, 1.54) is 16.7 Å². The Labute approximate surface area is 171 Å². The van der Waals surface area contributed by atoms with Gasteiger partial charge in [0.2, 0.25) is 0 Å². The number of hydrogen-bond acceptors (Lipinski definition) is 3. The molecule has 0 fully saturated rings. The van der Waals surface area contributed by atoms with Gasteiger partial charge in [0, 0.05) is 30.5 Å². The van der Waals surface area contributed by atoms with Gasteiger partial charge in [-0.15, -0.1) is 0 Å². The van der Waals surface area contributed by atoms with Crippen LogP contribution in [0.4, 0.5) is 13.2 Å². The van der Waals surface area contributed by atoms with Crippen LogP contribution in [-0.2, 0) is 25.4 Å². The molecule has 0 atom stereocenters. The quantitative estimate of drug-likeness (QED) is 0.417. The maximum atomic E-state index is 13.2. The number of benzene rings is 2. The average Bonchev–Trinajstić information content (AvgIpc) is 2.68. The Morgan fingerprint density at radius 3 is 2.28 bits per heavy atom. The maximum absolute atomic E-state index is 13.2. The normalized spacial score (nSPS) is 11.7. The molecule has 29 heavy (non-hydrogen) atoms. The zero-order valence-electron chi connectivity index (χ0n) is 16.4. The van der Waals surface area contributed by atoms with Gasteiger partial charge in [-0.1, -0.05) is 54.2 Å². The molecule has 0 aliphatic rings. The van der Waals surface area contributed by atoms with Crippen LogP contribution in [0.2, 0.25) is 0 Å². The van der Waals surface area contributed by atoms with Crippen LogP contribution in [-0.4, -0.2) is 9.55 Å². The van der Waals surface area contributed by atoms with Crippen LogP contribution in [0.1, 0.15) is 33.5 Å². The van der Waals surface area contributed by atoms with Crippen molar-refractivity contribution in [3.05, 3.63) is 92.4 Å². The van der Waals surface area contributed by atoms with Crippen molar-refractivity contribution in [3.8, 4) is 0 Å². The van der Waals surface area contributed by atoms with Gasteiger partial charge < -0.3 is 0 Å². The van der Waals surface area contributed by atoms with E-state index in [2.05, 4.69) is 4.98 Å². The Kier molecular flexibility index (Phi) is 6.17. The molecule has 1 heterocycles. The standard InChI is InChI=1S/C22H21F3N2OS/c1-14-8-4-5-9-16(14)12-18-15(2)26-21(27(3)20(18)28)29-13-17-10-6-7-11-19(17)22(23,24)25/h4-11H,12-13H2,1-3H3. The molecule has 7 heteroatoms. The van der Waals surface area contributed by atoms with E-state index in [9.17, 15) is 18.0 Å². The number of halogens is 3. The molecule has 0 spiro atoms. The molecule has 0 amide bonds. The molecule has 2 aromatic carbocycles. The molecule has 0 aliphatic heterocycles. The number of thioether (sulfide) groups is 1. The van der Waals surface area contributed by atoms with Gasteiger partial charge in [-0.05, 0) is 36.6 Å². The van der Waals surface area contributed by atoms with E-state index >= 15 is 0 Å². The molecule has 3 aromatic rings. The second-order valence-corrected chi connectivity index (χ2v) is 7.81. The molecular formula is C22H21F3N2OS. The third-order valence-corrected chi connectivity index (χ3v) is 5.94. The number of nitrogens with zero attached hydrogens (tertiary/aromatic N) is 2. The number of hydrogen-bond donors (Lipinski definition) is 0. The van der Waals surface area contributed by atoms with Gasteiger partial charge in [0.05, 0.1) is 5.56 Å². The third-order valence-electron chi connectivity index (χ3n) is 4.86. The Hall–Kier alpha value is -2.54. The molecule has 0 saturated carbocycles. The lowest BCUT2D eigenvalue weighted by Gasteiger charge is -2.15. The maximum Gasteiger partial charge on any atom is 0.416 e. The summed E-state index contributed by atoms with van der Waals surface area (Å²) in [6.07, 6.45) is -3.94. The highest BCUT2D eigenvalue weighted by Gasteiger charge is 2.32. The molecule has 3 rings (SSSR count). The molecule has 0 unspecified atom stereocenters. The first-order valence-electron chi connectivity index (χ1n) is 9.07. The third kappa shape index (κ3) is 4.72. The fourth-order valence-corrected chi connectivity index (χ4v) is 4.14. The van der Waals surface area contributed by atoms with Crippen molar-refractivity contribution in [3.63, 3.8) is 0 Å². The van der Waals surface area contributed by atoms with E-state index in [0.717, 1.165) is 29.0 Å². The van der Waals surface area contributed by atoms with Crippen molar-refractivity contribution in [2.75, 3.05) is 0 Å². The summed E-state index contributed by atoms with van der Waals surface area (Å²) in [6, 6.07) is 13.3. The highest BCUT2D eigenvalue weighted by molar-refractivity contribution is 7.98. The highest BCUT2D eigenvalue weighted by atomic mass is 32.2. The number of aryl methyl sites for hydroxylation is 2. The molecule has 0 N–H and O–H groups in total. The van der Waals surface area contributed by atoms with Crippen LogP contribution in [0, 0.1) is 13.8 Å². The number of aromatic nitrogens is 2. The minimum atomic E-state index is -4.41. The van der Waals surface area contributed by atoms with Crippen LogP contribution >= 0.6 is 11.8 Å². The van der Waals surface area contributed by atoms with Crippen LogP contribution < -0.4 is 5.56 Å². The zero-order chi connectivity index (χ0) is 21.2. The van der Waals surface area contributed by atoms with Crippen molar-refractivity contribution in [1.29, 1.82) is 0 Å². The predicted octanol–water partition coefficient (Wildman–Crippen LogP) is 5.30. The summed E-state index contributed by atoms with van der Waals surface area (Å²) in [6.45, 7) is 3.76. The Morgan fingerprint density at radius 2 is 1.62 bits per heavy atom. The summed E-state index contributed by atoms with van der Waals surface area (Å²) in [5, 5.41) is 0.401. The van der Waals surface area contributed by atoms with Crippen molar-refractivity contribution < 1.29 is 13.2 Å². The summed E-state index contributed by atoms with van der Waals surface area (Å²) in [5.41, 5.74) is 2.67. The van der Waals surface area contributed by atoms with Crippen molar-refractivity contribution in [2.24, 2.45) is 7.05 Å². The summed E-state index contributed by atoms with van der Waals surface area (Å²) in [5.74, 6) is 0.0759. The first-order valence-corrected chi connectivity index (χ1v) is 10.1. The first kappa shape index (κ1) is 21.2. The van der Waals surface area contributed by atoms with Crippen molar-refractivity contribution >= 4 is 11.8 Å². The Bertz CT molecular complexity index is 1090. The van der Waals surface area contributed by atoms with Crippen LogP contribution in [0.3, 0.4) is 0 Å². The molecule has 0 saturated heterocycles. The predicted molar refractivity (Wildman–Crippen MR) is 109 cm³/mol. The largest absolute Gasteiger partial charge is 0.416 e. The topological polar surface area (TPSA) is 34.9 Å². The summed E-state index contributed by atoms with van der Waals surface area (Å²) >= 11 is 1.13. The molecule has 0 aliphatic carbocycles. The Morgan fingerprint density at radius 1 is 1.00 bits per heavy atom. The number of alkyl halides is 3. The summed E-state index contributed by atoms with van der Waals surface area (Å²) < 4.78 is 41.0. The van der Waals surface area contributed by atoms with Crippen LogP contribution in [0.5, 0.6) is 0 Å². The van der Waals surface area contributed by atoms with E-state index in [0.29, 0.717) is 22.8 Å². The SMILES string of the molecule is Cc1ccccc1Cc1c(C)nc(SCc2ccccc2C(F)(F)F)n(C)c1=O. The second kappa shape index (κ2) is 8.45. The number of rotatable bonds is 5. The summed E-state index contributed by atoms with van der Waals surface area (Å²) in [4.78, 5) is 17.4. The summed E-state index contributed by atoms with van der Waals surface area (Å²) in [7, 11) is 1.61.